The molecule has 4 aromatic rings. The third-order valence-corrected chi connectivity index (χ3v) is 9.79. The number of hydrogen-bond donors (Lipinski definition) is 1. The topological polar surface area (TPSA) is 118 Å². The van der Waals surface area contributed by atoms with Gasteiger partial charge in [-0.3, -0.25) is 8.87 Å². The molecule has 2 aromatic carbocycles. The van der Waals surface area contributed by atoms with Gasteiger partial charge in [0, 0.05) is 47.9 Å². The molecule has 3 heterocycles. The van der Waals surface area contributed by atoms with Crippen LogP contribution in [0.4, 0.5) is 11.5 Å². The van der Waals surface area contributed by atoms with Gasteiger partial charge in [0.05, 0.1) is 28.5 Å². The van der Waals surface area contributed by atoms with E-state index in [0.29, 0.717) is 17.2 Å². The first-order valence-electron chi connectivity index (χ1n) is 13.7. The van der Waals surface area contributed by atoms with Crippen LogP contribution in [0.3, 0.4) is 0 Å². The number of aromatic nitrogens is 3. The summed E-state index contributed by atoms with van der Waals surface area (Å²) in [5.74, 6) is 0.0595. The second kappa shape index (κ2) is 12.0. The van der Waals surface area contributed by atoms with E-state index in [9.17, 15) is 18.3 Å². The molecule has 1 aliphatic heterocycles. The van der Waals surface area contributed by atoms with Crippen LogP contribution in [0, 0.1) is 5.41 Å². The molecule has 10 nitrogen and oxygen atoms in total. The Balaban J connectivity index is 1.55. The highest BCUT2D eigenvalue weighted by Gasteiger charge is 2.43. The second-order valence-electron chi connectivity index (χ2n) is 11.6. The molecule has 1 saturated heterocycles. The predicted octanol–water partition coefficient (Wildman–Crippen LogP) is 6.04. The Hall–Kier alpha value is -3.38. The van der Waals surface area contributed by atoms with E-state index in [4.69, 9.17) is 27.9 Å². The number of aliphatic carboxylic acids is 1. The lowest BCUT2D eigenvalue weighted by molar-refractivity contribution is -0.140. The summed E-state index contributed by atoms with van der Waals surface area (Å²) >= 11 is 12.3. The zero-order chi connectivity index (χ0) is 31.1. The zero-order valence-corrected chi connectivity index (χ0v) is 26.6. The highest BCUT2D eigenvalue weighted by molar-refractivity contribution is 7.93. The van der Waals surface area contributed by atoms with Crippen molar-refractivity contribution in [1.29, 1.82) is 0 Å². The molecule has 0 spiro atoms. The van der Waals surface area contributed by atoms with Crippen LogP contribution in [-0.4, -0.2) is 66.4 Å². The van der Waals surface area contributed by atoms with Crippen LogP contribution in [0.2, 0.25) is 10.0 Å². The Morgan fingerprint density at radius 3 is 2.30 bits per heavy atom. The molecular formula is C30H33Cl2N5O5S. The molecule has 1 N–H and O–H groups in total. The molecule has 2 aromatic heterocycles. The van der Waals surface area contributed by atoms with Crippen LogP contribution < -0.4 is 9.21 Å². The largest absolute Gasteiger partial charge is 0.480 e. The maximum absolute atomic E-state index is 14.1. The number of nitrogens with zero attached hydrogens (tertiary/aromatic N) is 5. The number of halogens is 2. The number of hydrogen-bond acceptors (Lipinski definition) is 7. The Morgan fingerprint density at radius 1 is 1.05 bits per heavy atom. The Morgan fingerprint density at radius 2 is 1.72 bits per heavy atom. The summed E-state index contributed by atoms with van der Waals surface area (Å²) in [6.45, 7) is 6.49. The van der Waals surface area contributed by atoms with Crippen LogP contribution in [-0.2, 0) is 19.6 Å². The highest BCUT2D eigenvalue weighted by Crippen LogP contribution is 2.37. The molecule has 43 heavy (non-hydrogen) atoms. The molecule has 1 fully saturated rings. The fraction of sp³-hybridized carbons (Fsp3) is 0.367. The lowest BCUT2D eigenvalue weighted by atomic mass is 9.86. The van der Waals surface area contributed by atoms with E-state index < -0.39 is 27.4 Å². The number of carbonyl (C=O) groups is 1. The average Bonchev–Trinajstić information content (AvgIpc) is 3.38. The molecule has 0 bridgehead atoms. The molecule has 1 atom stereocenters. The van der Waals surface area contributed by atoms with Gasteiger partial charge in [-0.2, -0.15) is 0 Å². The number of rotatable bonds is 8. The van der Waals surface area contributed by atoms with Crippen molar-refractivity contribution in [2.45, 2.75) is 50.6 Å². The van der Waals surface area contributed by atoms with Crippen LogP contribution in [0.15, 0.2) is 66.0 Å². The van der Waals surface area contributed by atoms with Crippen molar-refractivity contribution in [3.63, 3.8) is 0 Å². The summed E-state index contributed by atoms with van der Waals surface area (Å²) in [7, 11) is -2.42. The van der Waals surface area contributed by atoms with Crippen LogP contribution in [0.1, 0.15) is 33.6 Å². The van der Waals surface area contributed by atoms with Gasteiger partial charge in [0.2, 0.25) is 0 Å². The lowest BCUT2D eigenvalue weighted by Gasteiger charge is -2.37. The summed E-state index contributed by atoms with van der Waals surface area (Å²) in [6.07, 6.45) is 7.10. The third-order valence-electron chi connectivity index (χ3n) is 7.58. The summed E-state index contributed by atoms with van der Waals surface area (Å²) in [4.78, 5) is 23.8. The van der Waals surface area contributed by atoms with E-state index in [0.717, 1.165) is 41.7 Å². The second-order valence-corrected chi connectivity index (χ2v) is 14.3. The molecule has 228 valence electrons. The number of ether oxygens (including phenoxy) is 1. The summed E-state index contributed by atoms with van der Waals surface area (Å²) in [5, 5.41) is 11.2. The van der Waals surface area contributed by atoms with Gasteiger partial charge in [0.1, 0.15) is 11.9 Å². The van der Waals surface area contributed by atoms with E-state index >= 15 is 0 Å². The number of anilines is 2. The van der Waals surface area contributed by atoms with Crippen LogP contribution in [0.5, 0.6) is 0 Å². The Kier molecular flexibility index (Phi) is 8.63. The van der Waals surface area contributed by atoms with Gasteiger partial charge in [0.25, 0.3) is 10.0 Å². The molecule has 13 heteroatoms. The van der Waals surface area contributed by atoms with E-state index in [1.54, 1.807) is 51.4 Å². The summed E-state index contributed by atoms with van der Waals surface area (Å²) < 4.78 is 36.5. The van der Waals surface area contributed by atoms with E-state index in [2.05, 4.69) is 14.9 Å². The molecule has 1 unspecified atom stereocenters. The number of carboxylic acid groups (broad SMARTS) is 1. The zero-order valence-electron chi connectivity index (χ0n) is 24.2. The van der Waals surface area contributed by atoms with Crippen LogP contribution in [0.25, 0.3) is 16.7 Å². The number of carboxylic acids is 1. The molecule has 0 aliphatic carbocycles. The summed E-state index contributed by atoms with van der Waals surface area (Å²) in [6, 6.07) is 9.62. The standard InChI is InChI=1S/C30H33Cl2N5O5S/c1-30(2,3)28(29(38)39)37(43(40,41)24-15-20(31)14-21(32)16-24)23-5-6-25-19(13-23)7-10-36(25)27-18-33-26(17-34-27)35(4)22-8-11-42-12-9-22/h5-7,10,13-18,22,28H,8-9,11-12H2,1-4H3,(H,38,39). The minimum atomic E-state index is -4.42. The maximum atomic E-state index is 14.1. The van der Waals surface area contributed by atoms with Crippen molar-refractivity contribution in [2.24, 2.45) is 5.41 Å². The van der Waals surface area contributed by atoms with Gasteiger partial charge in [-0.1, -0.05) is 44.0 Å². The minimum Gasteiger partial charge on any atom is -0.480 e. The van der Waals surface area contributed by atoms with Gasteiger partial charge in [-0.05, 0) is 60.7 Å². The van der Waals surface area contributed by atoms with Crippen molar-refractivity contribution in [3.8, 4) is 5.82 Å². The highest BCUT2D eigenvalue weighted by atomic mass is 35.5. The van der Waals surface area contributed by atoms with Crippen molar-refractivity contribution in [3.05, 3.63) is 71.1 Å². The van der Waals surface area contributed by atoms with Gasteiger partial charge in [0.15, 0.2) is 5.82 Å². The summed E-state index contributed by atoms with van der Waals surface area (Å²) in [5.41, 5.74) is -0.0466. The van der Waals surface area contributed by atoms with Crippen molar-refractivity contribution >= 4 is 61.6 Å². The average molecular weight is 647 g/mol. The number of sulfonamides is 1. The van der Waals surface area contributed by atoms with E-state index in [1.165, 1.54) is 18.2 Å². The van der Waals surface area contributed by atoms with Gasteiger partial charge >= 0.3 is 5.97 Å². The van der Waals surface area contributed by atoms with Crippen LogP contribution >= 0.6 is 23.2 Å². The minimum absolute atomic E-state index is 0.118. The van der Waals surface area contributed by atoms with Crippen molar-refractivity contribution in [1.82, 2.24) is 14.5 Å². The first-order chi connectivity index (χ1) is 20.3. The van der Waals surface area contributed by atoms with Crippen molar-refractivity contribution < 1.29 is 23.1 Å². The normalized spacial score (nSPS) is 15.4. The van der Waals surface area contributed by atoms with Gasteiger partial charge in [-0.15, -0.1) is 0 Å². The molecule has 0 saturated carbocycles. The predicted molar refractivity (Wildman–Crippen MR) is 168 cm³/mol. The monoisotopic (exact) mass is 645 g/mol. The van der Waals surface area contributed by atoms with Crippen molar-refractivity contribution in [2.75, 3.05) is 29.5 Å². The Bertz CT molecular complexity index is 1730. The third kappa shape index (κ3) is 6.31. The van der Waals surface area contributed by atoms with Gasteiger partial charge in [-0.25, -0.2) is 23.2 Å². The molecular weight excluding hydrogens is 613 g/mol. The van der Waals surface area contributed by atoms with E-state index in [1.807, 2.05) is 23.9 Å². The Labute approximate surface area is 260 Å². The van der Waals surface area contributed by atoms with E-state index in [-0.39, 0.29) is 20.6 Å². The number of benzene rings is 2. The fourth-order valence-electron chi connectivity index (χ4n) is 5.39. The quantitative estimate of drug-likeness (QED) is 0.246. The maximum Gasteiger partial charge on any atom is 0.328 e. The molecule has 0 amide bonds. The lowest BCUT2D eigenvalue weighted by Crippen LogP contribution is -2.52. The fourth-order valence-corrected chi connectivity index (χ4v) is 7.90. The number of fused-ring (bicyclic) bond motifs is 1. The smallest absolute Gasteiger partial charge is 0.328 e. The van der Waals surface area contributed by atoms with Gasteiger partial charge < -0.3 is 14.7 Å². The molecule has 0 radical (unpaired) electrons. The SMILES string of the molecule is CN(c1cnc(-n2ccc3cc(N(C(C(=O)O)C(C)(C)C)S(=O)(=O)c4cc(Cl)cc(Cl)c4)ccc32)cn1)C1CCOCC1. The first kappa shape index (κ1) is 31.1. The molecule has 5 rings (SSSR count). The molecule has 1 aliphatic rings. The first-order valence-corrected chi connectivity index (χ1v) is 15.9.